The quantitative estimate of drug-likeness (QED) is 0.837. The molecule has 1 aromatic rings. The highest BCUT2D eigenvalue weighted by molar-refractivity contribution is 9.10. The van der Waals surface area contributed by atoms with E-state index in [1.165, 1.54) is 13.8 Å². The minimum absolute atomic E-state index is 0.0462. The van der Waals surface area contributed by atoms with E-state index < -0.39 is 11.9 Å². The van der Waals surface area contributed by atoms with Crippen molar-refractivity contribution in [3.05, 3.63) is 38.9 Å². The van der Waals surface area contributed by atoms with Crippen LogP contribution < -0.4 is 5.32 Å². The van der Waals surface area contributed by atoms with E-state index in [1.54, 1.807) is 0 Å². The molecule has 0 saturated carbocycles. The third-order valence-electron chi connectivity index (χ3n) is 2.96. The topological polar surface area (TPSA) is 66.4 Å². The number of carbonyl (C=O) groups is 2. The molecule has 102 valence electrons. The lowest BCUT2D eigenvalue weighted by Gasteiger charge is -2.13. The lowest BCUT2D eigenvalue weighted by Crippen LogP contribution is -2.17. The van der Waals surface area contributed by atoms with Gasteiger partial charge in [-0.05, 0) is 51.0 Å². The van der Waals surface area contributed by atoms with Gasteiger partial charge in [0.2, 0.25) is 0 Å². The van der Waals surface area contributed by atoms with Crippen LogP contribution in [0.1, 0.15) is 25.0 Å². The number of halogens is 1. The average molecular weight is 326 g/mol. The maximum absolute atomic E-state index is 12.0. The summed E-state index contributed by atoms with van der Waals surface area (Å²) >= 11 is 3.38. The highest BCUT2D eigenvalue weighted by atomic mass is 79.9. The molecule has 4 nitrogen and oxygen atoms in total. The van der Waals surface area contributed by atoms with Crippen molar-refractivity contribution in [2.75, 3.05) is 5.32 Å². The molecule has 0 aliphatic rings. The van der Waals surface area contributed by atoms with Crippen LogP contribution in [0.25, 0.3) is 0 Å². The molecule has 0 aromatic heterocycles. The minimum Gasteiger partial charge on any atom is -0.478 e. The highest BCUT2D eigenvalue weighted by Gasteiger charge is 2.14. The Kier molecular flexibility index (Phi) is 4.89. The molecule has 2 N–H and O–H groups in total. The Morgan fingerprint density at radius 1 is 1.11 bits per heavy atom. The summed E-state index contributed by atoms with van der Waals surface area (Å²) in [6.45, 7) is 6.69. The average Bonchev–Trinajstić information content (AvgIpc) is 2.31. The van der Waals surface area contributed by atoms with Crippen molar-refractivity contribution in [2.24, 2.45) is 0 Å². The SMILES string of the molecule is CC(C(=O)O)=C(C)C(=O)Nc1c(C)cc(Br)cc1C. The van der Waals surface area contributed by atoms with Gasteiger partial charge in [-0.2, -0.15) is 0 Å². The molecule has 0 spiro atoms. The summed E-state index contributed by atoms with van der Waals surface area (Å²) in [6.07, 6.45) is 0. The Bertz CT molecular complexity index is 553. The first-order valence-electron chi connectivity index (χ1n) is 5.73. The number of nitrogens with one attached hydrogen (secondary N) is 1. The molecule has 0 fully saturated rings. The zero-order chi connectivity index (χ0) is 14.7. The van der Waals surface area contributed by atoms with E-state index in [2.05, 4.69) is 21.2 Å². The van der Waals surface area contributed by atoms with Gasteiger partial charge in [-0.25, -0.2) is 4.79 Å². The van der Waals surface area contributed by atoms with E-state index in [0.29, 0.717) is 5.69 Å². The monoisotopic (exact) mass is 325 g/mol. The number of rotatable bonds is 3. The van der Waals surface area contributed by atoms with Gasteiger partial charge in [-0.15, -0.1) is 0 Å². The van der Waals surface area contributed by atoms with E-state index in [1.807, 2.05) is 26.0 Å². The van der Waals surface area contributed by atoms with E-state index in [4.69, 9.17) is 5.11 Å². The first-order chi connectivity index (χ1) is 8.73. The molecule has 0 bridgehead atoms. The summed E-state index contributed by atoms with van der Waals surface area (Å²) < 4.78 is 0.939. The van der Waals surface area contributed by atoms with Crippen LogP contribution in [0.5, 0.6) is 0 Å². The fourth-order valence-electron chi connectivity index (χ4n) is 1.65. The lowest BCUT2D eigenvalue weighted by molar-refractivity contribution is -0.133. The van der Waals surface area contributed by atoms with Gasteiger partial charge >= 0.3 is 5.97 Å². The molecule has 0 unspecified atom stereocenters. The fourth-order valence-corrected chi connectivity index (χ4v) is 2.33. The predicted molar refractivity (Wildman–Crippen MR) is 78.3 cm³/mol. The molecule has 0 radical (unpaired) electrons. The first-order valence-corrected chi connectivity index (χ1v) is 6.52. The summed E-state index contributed by atoms with van der Waals surface area (Å²) in [5.74, 6) is -1.48. The molecule has 0 saturated heterocycles. The molecular weight excluding hydrogens is 310 g/mol. The van der Waals surface area contributed by atoms with Crippen molar-refractivity contribution in [3.63, 3.8) is 0 Å². The third kappa shape index (κ3) is 3.67. The molecule has 1 aromatic carbocycles. The predicted octanol–water partition coefficient (Wildman–Crippen LogP) is 3.43. The second kappa shape index (κ2) is 6.02. The number of carbonyl (C=O) groups excluding carboxylic acids is 1. The summed E-state index contributed by atoms with van der Waals surface area (Å²) in [7, 11) is 0. The number of aliphatic carboxylic acids is 1. The van der Waals surface area contributed by atoms with Crippen LogP contribution in [0.15, 0.2) is 27.8 Å². The molecule has 1 rings (SSSR count). The van der Waals surface area contributed by atoms with Crippen LogP contribution >= 0.6 is 15.9 Å². The summed E-state index contributed by atoms with van der Waals surface area (Å²) in [5, 5.41) is 11.6. The number of hydrogen-bond donors (Lipinski definition) is 2. The normalized spacial score (nSPS) is 11.8. The Labute approximate surface area is 120 Å². The number of benzene rings is 1. The van der Waals surface area contributed by atoms with E-state index in [-0.39, 0.29) is 11.1 Å². The van der Waals surface area contributed by atoms with Gasteiger partial charge in [-0.3, -0.25) is 4.79 Å². The summed E-state index contributed by atoms with van der Waals surface area (Å²) in [4.78, 5) is 22.8. The van der Waals surface area contributed by atoms with Gasteiger partial charge in [0.25, 0.3) is 5.91 Å². The van der Waals surface area contributed by atoms with Gasteiger partial charge in [0.15, 0.2) is 0 Å². The van der Waals surface area contributed by atoms with Crippen molar-refractivity contribution in [2.45, 2.75) is 27.7 Å². The van der Waals surface area contributed by atoms with Crippen molar-refractivity contribution in [1.82, 2.24) is 0 Å². The van der Waals surface area contributed by atoms with Crippen molar-refractivity contribution in [3.8, 4) is 0 Å². The van der Waals surface area contributed by atoms with Crippen molar-refractivity contribution < 1.29 is 14.7 Å². The van der Waals surface area contributed by atoms with E-state index in [0.717, 1.165) is 15.6 Å². The lowest BCUT2D eigenvalue weighted by atomic mass is 10.1. The Balaban J connectivity index is 3.08. The van der Waals surface area contributed by atoms with Gasteiger partial charge < -0.3 is 10.4 Å². The van der Waals surface area contributed by atoms with Crippen LogP contribution in [0.4, 0.5) is 5.69 Å². The fraction of sp³-hybridized carbons (Fsp3) is 0.286. The number of hydrogen-bond acceptors (Lipinski definition) is 2. The number of amides is 1. The Morgan fingerprint density at radius 2 is 1.58 bits per heavy atom. The number of aryl methyl sites for hydroxylation is 2. The van der Waals surface area contributed by atoms with Crippen LogP contribution in [-0.4, -0.2) is 17.0 Å². The highest BCUT2D eigenvalue weighted by Crippen LogP contribution is 2.25. The van der Waals surface area contributed by atoms with Crippen LogP contribution in [-0.2, 0) is 9.59 Å². The molecule has 0 heterocycles. The Hall–Kier alpha value is -1.62. The summed E-state index contributed by atoms with van der Waals surface area (Å²) in [5.41, 5.74) is 2.80. The zero-order valence-electron chi connectivity index (χ0n) is 11.3. The van der Waals surface area contributed by atoms with Gasteiger partial charge in [-0.1, -0.05) is 15.9 Å². The molecular formula is C14H16BrNO3. The van der Waals surface area contributed by atoms with E-state index in [9.17, 15) is 9.59 Å². The minimum atomic E-state index is -1.09. The maximum Gasteiger partial charge on any atom is 0.331 e. The van der Waals surface area contributed by atoms with Gasteiger partial charge in [0.05, 0.1) is 0 Å². The second-order valence-electron chi connectivity index (χ2n) is 4.42. The third-order valence-corrected chi connectivity index (χ3v) is 3.42. The standard InChI is InChI=1S/C14H16BrNO3/c1-7-5-11(15)6-8(2)12(7)16-13(17)9(3)10(4)14(18)19/h5-6H,1-4H3,(H,16,17)(H,18,19). The molecule has 0 atom stereocenters. The smallest absolute Gasteiger partial charge is 0.331 e. The van der Waals surface area contributed by atoms with Crippen LogP contribution in [0, 0.1) is 13.8 Å². The van der Waals surface area contributed by atoms with Crippen molar-refractivity contribution in [1.29, 1.82) is 0 Å². The largest absolute Gasteiger partial charge is 0.478 e. The molecule has 5 heteroatoms. The first kappa shape index (κ1) is 15.4. The van der Waals surface area contributed by atoms with Gasteiger partial charge in [0, 0.05) is 21.3 Å². The van der Waals surface area contributed by atoms with Crippen LogP contribution in [0.3, 0.4) is 0 Å². The maximum atomic E-state index is 12.0. The van der Waals surface area contributed by atoms with E-state index >= 15 is 0 Å². The number of carboxylic acid groups (broad SMARTS) is 1. The molecule has 0 aliphatic heterocycles. The number of anilines is 1. The molecule has 19 heavy (non-hydrogen) atoms. The molecule has 1 amide bonds. The number of carboxylic acids is 1. The summed E-state index contributed by atoms with van der Waals surface area (Å²) in [6, 6.07) is 3.79. The zero-order valence-corrected chi connectivity index (χ0v) is 12.9. The van der Waals surface area contributed by atoms with Gasteiger partial charge in [0.1, 0.15) is 0 Å². The second-order valence-corrected chi connectivity index (χ2v) is 5.34. The Morgan fingerprint density at radius 3 is 2.00 bits per heavy atom. The van der Waals surface area contributed by atoms with Crippen molar-refractivity contribution >= 4 is 33.5 Å². The molecule has 0 aliphatic carbocycles. The van der Waals surface area contributed by atoms with Crippen LogP contribution in [0.2, 0.25) is 0 Å².